The van der Waals surface area contributed by atoms with Crippen LogP contribution in [0.15, 0.2) is 4.52 Å². The Hall–Kier alpha value is -0.660. The van der Waals surface area contributed by atoms with E-state index < -0.39 is 0 Å². The summed E-state index contributed by atoms with van der Waals surface area (Å²) >= 11 is 5.53. The van der Waals surface area contributed by atoms with Gasteiger partial charge < -0.3 is 10.3 Å². The summed E-state index contributed by atoms with van der Waals surface area (Å²) < 4.78 is 5.51. The Balaban J connectivity index is 1.92. The van der Waals surface area contributed by atoms with Crippen molar-refractivity contribution in [3.05, 3.63) is 16.3 Å². The molecule has 0 aromatic carbocycles. The molecule has 2 atom stereocenters. The van der Waals surface area contributed by atoms with Gasteiger partial charge in [-0.2, -0.15) is 16.7 Å². The van der Waals surface area contributed by atoms with Gasteiger partial charge in [-0.05, 0) is 25.8 Å². The Morgan fingerprint density at radius 3 is 2.71 bits per heavy atom. The zero-order valence-electron chi connectivity index (χ0n) is 12.4. The van der Waals surface area contributed by atoms with Crippen molar-refractivity contribution in [3.63, 3.8) is 0 Å². The molecule has 2 aromatic heterocycles. The molecular weight excluding hydrogens is 322 g/mol. The van der Waals surface area contributed by atoms with Gasteiger partial charge in [-0.1, -0.05) is 12.1 Å². The van der Waals surface area contributed by atoms with E-state index in [2.05, 4.69) is 30.9 Å². The van der Waals surface area contributed by atoms with Crippen LogP contribution < -0.4 is 5.73 Å². The molecule has 0 aliphatic carbocycles. The summed E-state index contributed by atoms with van der Waals surface area (Å²) in [5, 5.41) is 5.89. The average molecular weight is 342 g/mol. The van der Waals surface area contributed by atoms with Crippen molar-refractivity contribution < 1.29 is 4.52 Å². The quantitative estimate of drug-likeness (QED) is 0.898. The number of aryl methyl sites for hydroxylation is 1. The summed E-state index contributed by atoms with van der Waals surface area (Å²) in [6.07, 6.45) is 1.13. The van der Waals surface area contributed by atoms with Crippen molar-refractivity contribution in [2.75, 3.05) is 17.2 Å². The molecular formula is C14H19N3OS3. The topological polar surface area (TPSA) is 64.9 Å². The highest BCUT2D eigenvalue weighted by atomic mass is 32.2. The molecule has 3 heterocycles. The number of nitrogens with zero attached hydrogens (tertiary/aromatic N) is 2. The second-order valence-corrected chi connectivity index (χ2v) is 8.94. The number of rotatable bonds is 3. The van der Waals surface area contributed by atoms with Gasteiger partial charge in [-0.15, -0.1) is 23.1 Å². The SMILES string of the molecule is CCC1SCCSC1c1noc(-c2c(N)sc(C)c2C)n1. The van der Waals surface area contributed by atoms with E-state index in [0.717, 1.165) is 34.1 Å². The standard InChI is InChI=1S/C14H19N3OS3/c1-4-9-11(20-6-5-19-9)13-16-14(18-17-13)10-7(2)8(3)21-12(10)15/h9,11H,4-6,15H2,1-3H3. The van der Waals surface area contributed by atoms with Crippen LogP contribution in [0, 0.1) is 13.8 Å². The first-order valence-electron chi connectivity index (χ1n) is 7.04. The molecule has 1 aliphatic heterocycles. The molecule has 0 spiro atoms. The molecule has 0 amide bonds. The normalized spacial score (nSPS) is 22.6. The fourth-order valence-electron chi connectivity index (χ4n) is 2.51. The monoisotopic (exact) mass is 341 g/mol. The largest absolute Gasteiger partial charge is 0.390 e. The molecule has 1 fully saturated rings. The third-order valence-electron chi connectivity index (χ3n) is 3.78. The van der Waals surface area contributed by atoms with Crippen LogP contribution in [0.25, 0.3) is 11.5 Å². The van der Waals surface area contributed by atoms with Gasteiger partial charge in [0.1, 0.15) is 0 Å². The van der Waals surface area contributed by atoms with Crippen LogP contribution in [0.3, 0.4) is 0 Å². The average Bonchev–Trinajstić information content (AvgIpc) is 3.05. The van der Waals surface area contributed by atoms with Crippen molar-refractivity contribution in [3.8, 4) is 11.5 Å². The molecule has 0 saturated carbocycles. The van der Waals surface area contributed by atoms with E-state index >= 15 is 0 Å². The van der Waals surface area contributed by atoms with E-state index in [1.807, 2.05) is 23.5 Å². The predicted octanol–water partition coefficient (Wildman–Crippen LogP) is 4.30. The first-order chi connectivity index (χ1) is 10.1. The smallest absolute Gasteiger partial charge is 0.261 e. The van der Waals surface area contributed by atoms with Crippen LogP contribution in [0.2, 0.25) is 0 Å². The number of aromatic nitrogens is 2. The zero-order valence-corrected chi connectivity index (χ0v) is 14.8. The minimum Gasteiger partial charge on any atom is -0.390 e. The lowest BCUT2D eigenvalue weighted by Crippen LogP contribution is -2.19. The Morgan fingerprint density at radius 1 is 1.29 bits per heavy atom. The van der Waals surface area contributed by atoms with Crippen LogP contribution in [0.4, 0.5) is 5.00 Å². The molecule has 1 aliphatic rings. The molecule has 7 heteroatoms. The summed E-state index contributed by atoms with van der Waals surface area (Å²) in [6, 6.07) is 0. The highest BCUT2D eigenvalue weighted by Crippen LogP contribution is 2.44. The fourth-order valence-corrected chi connectivity index (χ4v) is 6.42. The lowest BCUT2D eigenvalue weighted by molar-refractivity contribution is 0.421. The first-order valence-corrected chi connectivity index (χ1v) is 9.95. The van der Waals surface area contributed by atoms with Crippen LogP contribution in [0.5, 0.6) is 0 Å². The van der Waals surface area contributed by atoms with Crippen LogP contribution in [-0.2, 0) is 0 Å². The van der Waals surface area contributed by atoms with Crippen LogP contribution in [0.1, 0.15) is 34.9 Å². The number of thiophene rings is 1. The van der Waals surface area contributed by atoms with Gasteiger partial charge in [0.2, 0.25) is 0 Å². The second-order valence-electron chi connectivity index (χ2n) is 5.09. The first kappa shape index (κ1) is 15.2. The van der Waals surface area contributed by atoms with E-state index in [9.17, 15) is 0 Å². The Morgan fingerprint density at radius 2 is 2.05 bits per heavy atom. The number of nitrogen functional groups attached to an aromatic ring is 1. The van der Waals surface area contributed by atoms with Crippen molar-refractivity contribution in [2.24, 2.45) is 0 Å². The maximum Gasteiger partial charge on any atom is 0.261 e. The molecule has 1 saturated heterocycles. The Labute approximate surface area is 137 Å². The minimum atomic E-state index is 0.326. The van der Waals surface area contributed by atoms with E-state index in [4.69, 9.17) is 10.3 Å². The van der Waals surface area contributed by atoms with Gasteiger partial charge in [0.05, 0.1) is 15.8 Å². The number of hydrogen-bond donors (Lipinski definition) is 1. The molecule has 2 N–H and O–H groups in total. The van der Waals surface area contributed by atoms with E-state index in [1.54, 1.807) is 11.3 Å². The maximum atomic E-state index is 6.10. The van der Waals surface area contributed by atoms with E-state index in [0.29, 0.717) is 16.4 Å². The Bertz CT molecular complexity index is 637. The molecule has 0 radical (unpaired) electrons. The van der Waals surface area contributed by atoms with E-state index in [-0.39, 0.29) is 0 Å². The fraction of sp³-hybridized carbons (Fsp3) is 0.571. The van der Waals surface area contributed by atoms with Crippen molar-refractivity contribution >= 4 is 39.9 Å². The lowest BCUT2D eigenvalue weighted by atomic mass is 10.1. The van der Waals surface area contributed by atoms with Crippen LogP contribution >= 0.6 is 34.9 Å². The van der Waals surface area contributed by atoms with Gasteiger partial charge in [0.15, 0.2) is 5.82 Å². The van der Waals surface area contributed by atoms with Gasteiger partial charge in [0.25, 0.3) is 5.89 Å². The second kappa shape index (κ2) is 6.22. The molecule has 4 nitrogen and oxygen atoms in total. The van der Waals surface area contributed by atoms with Gasteiger partial charge in [0, 0.05) is 21.6 Å². The number of anilines is 1. The molecule has 0 bridgehead atoms. The van der Waals surface area contributed by atoms with Gasteiger partial charge in [-0.3, -0.25) is 0 Å². The number of hydrogen-bond acceptors (Lipinski definition) is 7. The molecule has 2 unspecified atom stereocenters. The molecule has 21 heavy (non-hydrogen) atoms. The maximum absolute atomic E-state index is 6.10. The van der Waals surface area contributed by atoms with E-state index in [1.165, 1.54) is 10.6 Å². The highest BCUT2D eigenvalue weighted by Gasteiger charge is 2.31. The summed E-state index contributed by atoms with van der Waals surface area (Å²) in [4.78, 5) is 5.86. The third-order valence-corrected chi connectivity index (χ3v) is 8.05. The van der Waals surface area contributed by atoms with Crippen LogP contribution in [-0.4, -0.2) is 26.9 Å². The number of nitrogens with two attached hydrogens (primary N) is 1. The van der Waals surface area contributed by atoms with Crippen molar-refractivity contribution in [1.82, 2.24) is 10.1 Å². The van der Waals surface area contributed by atoms with Gasteiger partial charge in [-0.25, -0.2) is 0 Å². The molecule has 3 rings (SSSR count). The highest BCUT2D eigenvalue weighted by molar-refractivity contribution is 8.06. The minimum absolute atomic E-state index is 0.326. The van der Waals surface area contributed by atoms with Gasteiger partial charge >= 0.3 is 0 Å². The summed E-state index contributed by atoms with van der Waals surface area (Å²) in [5.41, 5.74) is 8.16. The predicted molar refractivity (Wildman–Crippen MR) is 93.2 cm³/mol. The molecule has 114 valence electrons. The molecule has 2 aromatic rings. The number of thioether (sulfide) groups is 2. The summed E-state index contributed by atoms with van der Waals surface area (Å²) in [6.45, 7) is 6.35. The zero-order chi connectivity index (χ0) is 15.0. The summed E-state index contributed by atoms with van der Waals surface area (Å²) in [7, 11) is 0. The van der Waals surface area contributed by atoms with Crippen molar-refractivity contribution in [2.45, 2.75) is 37.7 Å². The lowest BCUT2D eigenvalue weighted by Gasteiger charge is -2.27. The Kier molecular flexibility index (Phi) is 4.51. The third kappa shape index (κ3) is 2.83. The summed E-state index contributed by atoms with van der Waals surface area (Å²) in [5.74, 6) is 3.74. The van der Waals surface area contributed by atoms with Crippen molar-refractivity contribution in [1.29, 1.82) is 0 Å².